The first-order chi connectivity index (χ1) is 3.84. The molecule has 2 nitrogen and oxygen atoms in total. The molecular formula is C5H10ClN2. The maximum atomic E-state index is 5.80. The minimum Gasteiger partial charge on any atom is -0.330 e. The van der Waals surface area contributed by atoms with Crippen LogP contribution in [-0.4, -0.2) is 25.0 Å². The van der Waals surface area contributed by atoms with Gasteiger partial charge in [0.15, 0.2) is 0 Å². The molecule has 0 aromatic rings. The number of nitrogens with zero attached hydrogens (tertiary/aromatic N) is 1. The van der Waals surface area contributed by atoms with Crippen molar-refractivity contribution >= 4 is 11.6 Å². The Morgan fingerprint density at radius 1 is 1.62 bits per heavy atom. The van der Waals surface area contributed by atoms with Gasteiger partial charge < -0.3 is 5.73 Å². The summed E-state index contributed by atoms with van der Waals surface area (Å²) in [6.07, 6.45) is 0. The second kappa shape index (κ2) is 2.67. The molecule has 1 aliphatic rings. The van der Waals surface area contributed by atoms with Gasteiger partial charge >= 0.3 is 0 Å². The zero-order chi connectivity index (χ0) is 5.98. The molecule has 0 aromatic carbocycles. The summed E-state index contributed by atoms with van der Waals surface area (Å²) in [5.41, 5.74) is 5.38. The Morgan fingerprint density at radius 3 is 2.62 bits per heavy atom. The van der Waals surface area contributed by atoms with E-state index in [4.69, 9.17) is 17.3 Å². The second-order valence-electron chi connectivity index (χ2n) is 2.10. The van der Waals surface area contributed by atoms with E-state index in [9.17, 15) is 0 Å². The van der Waals surface area contributed by atoms with Crippen molar-refractivity contribution in [2.24, 2.45) is 11.7 Å². The van der Waals surface area contributed by atoms with Crippen molar-refractivity contribution in [1.29, 1.82) is 0 Å². The van der Waals surface area contributed by atoms with E-state index in [1.165, 1.54) is 0 Å². The summed E-state index contributed by atoms with van der Waals surface area (Å²) < 4.78 is 0. The zero-order valence-corrected chi connectivity index (χ0v) is 5.43. The Labute approximate surface area is 54.4 Å². The molecule has 1 fully saturated rings. The summed E-state index contributed by atoms with van der Waals surface area (Å²) in [7, 11) is 0. The fraction of sp³-hybridized carbons (Fsp3) is 1.00. The van der Waals surface area contributed by atoms with E-state index < -0.39 is 0 Å². The van der Waals surface area contributed by atoms with Crippen molar-refractivity contribution in [1.82, 2.24) is 5.32 Å². The normalized spacial score (nSPS) is 38.2. The van der Waals surface area contributed by atoms with Crippen LogP contribution < -0.4 is 11.1 Å². The Hall–Kier alpha value is 0.210. The van der Waals surface area contributed by atoms with E-state index in [1.54, 1.807) is 0 Å². The highest BCUT2D eigenvalue weighted by atomic mass is 35.5. The third-order valence-electron chi connectivity index (χ3n) is 1.48. The molecule has 1 heterocycles. The predicted molar refractivity (Wildman–Crippen MR) is 34.1 cm³/mol. The molecule has 1 aliphatic heterocycles. The largest absolute Gasteiger partial charge is 0.330 e. The summed E-state index contributed by atoms with van der Waals surface area (Å²) in [5.74, 6) is 0.441. The molecule has 3 heteroatoms. The van der Waals surface area contributed by atoms with E-state index in [0.717, 1.165) is 13.1 Å². The quantitative estimate of drug-likeness (QED) is 0.494. The molecule has 2 unspecified atom stereocenters. The van der Waals surface area contributed by atoms with Crippen LogP contribution in [0.5, 0.6) is 0 Å². The summed E-state index contributed by atoms with van der Waals surface area (Å²) in [6.45, 7) is 2.34. The van der Waals surface area contributed by atoms with E-state index in [0.29, 0.717) is 12.5 Å². The topological polar surface area (TPSA) is 40.1 Å². The van der Waals surface area contributed by atoms with Gasteiger partial charge in [0.2, 0.25) is 0 Å². The number of halogens is 1. The standard InChI is InChI=1S/C5H10ClN2/c6-5-3-8-2-4(5)1-7/h4-5H,1-3,7H2. The molecule has 0 saturated carbocycles. The van der Waals surface area contributed by atoms with Gasteiger partial charge in [0, 0.05) is 19.0 Å². The Balaban J connectivity index is 2.30. The van der Waals surface area contributed by atoms with Crippen LogP contribution in [0.1, 0.15) is 0 Å². The minimum atomic E-state index is 0.208. The smallest absolute Gasteiger partial charge is 0.0530 e. The van der Waals surface area contributed by atoms with Gasteiger partial charge in [-0.15, -0.1) is 11.6 Å². The lowest BCUT2D eigenvalue weighted by Crippen LogP contribution is -2.21. The molecule has 1 saturated heterocycles. The molecule has 8 heavy (non-hydrogen) atoms. The number of hydrogen-bond acceptors (Lipinski definition) is 1. The SMILES string of the molecule is NCC1C[N]CC1Cl. The minimum absolute atomic E-state index is 0.208. The third kappa shape index (κ3) is 1.13. The van der Waals surface area contributed by atoms with E-state index in [-0.39, 0.29) is 5.38 Å². The summed E-state index contributed by atoms with van der Waals surface area (Å²) in [6, 6.07) is 0. The first kappa shape index (κ1) is 6.33. The van der Waals surface area contributed by atoms with Gasteiger partial charge in [-0.3, -0.25) is 0 Å². The Bertz CT molecular complexity index is 76.8. The highest BCUT2D eigenvalue weighted by molar-refractivity contribution is 6.21. The first-order valence-corrected chi connectivity index (χ1v) is 3.25. The molecule has 0 bridgehead atoms. The van der Waals surface area contributed by atoms with E-state index in [2.05, 4.69) is 5.32 Å². The molecular weight excluding hydrogens is 124 g/mol. The zero-order valence-electron chi connectivity index (χ0n) is 4.68. The van der Waals surface area contributed by atoms with Crippen LogP contribution in [0.3, 0.4) is 0 Å². The molecule has 47 valence electrons. The Morgan fingerprint density at radius 2 is 2.38 bits per heavy atom. The molecule has 1 radical (unpaired) electrons. The average molecular weight is 134 g/mol. The summed E-state index contributed by atoms with van der Waals surface area (Å²) in [4.78, 5) is 0. The molecule has 2 atom stereocenters. The van der Waals surface area contributed by atoms with Crippen LogP contribution in [0.15, 0.2) is 0 Å². The van der Waals surface area contributed by atoms with Gasteiger partial charge in [-0.25, -0.2) is 5.32 Å². The number of nitrogens with two attached hydrogens (primary N) is 1. The van der Waals surface area contributed by atoms with Crippen LogP contribution >= 0.6 is 11.6 Å². The van der Waals surface area contributed by atoms with Gasteiger partial charge in [0.05, 0.1) is 5.38 Å². The number of hydrogen-bond donors (Lipinski definition) is 1. The fourth-order valence-corrected chi connectivity index (χ4v) is 1.13. The van der Waals surface area contributed by atoms with Crippen LogP contribution in [0.4, 0.5) is 0 Å². The van der Waals surface area contributed by atoms with Crippen molar-refractivity contribution in [2.75, 3.05) is 19.6 Å². The fourth-order valence-electron chi connectivity index (χ4n) is 0.849. The monoisotopic (exact) mass is 133 g/mol. The van der Waals surface area contributed by atoms with Gasteiger partial charge in [-0.1, -0.05) is 0 Å². The van der Waals surface area contributed by atoms with Crippen LogP contribution in [0.2, 0.25) is 0 Å². The van der Waals surface area contributed by atoms with Crippen molar-refractivity contribution in [2.45, 2.75) is 5.38 Å². The molecule has 0 spiro atoms. The average Bonchev–Trinajstić information content (AvgIpc) is 2.14. The Kier molecular flexibility index (Phi) is 2.11. The van der Waals surface area contributed by atoms with Crippen LogP contribution in [0.25, 0.3) is 0 Å². The highest BCUT2D eigenvalue weighted by Crippen LogP contribution is 2.13. The number of alkyl halides is 1. The summed E-state index contributed by atoms with van der Waals surface area (Å²) >= 11 is 5.80. The lowest BCUT2D eigenvalue weighted by Gasteiger charge is -2.06. The van der Waals surface area contributed by atoms with Crippen molar-refractivity contribution in [3.05, 3.63) is 0 Å². The van der Waals surface area contributed by atoms with Crippen molar-refractivity contribution in [3.8, 4) is 0 Å². The third-order valence-corrected chi connectivity index (χ3v) is 1.98. The van der Waals surface area contributed by atoms with Crippen molar-refractivity contribution < 1.29 is 0 Å². The molecule has 0 aliphatic carbocycles. The molecule has 2 N–H and O–H groups in total. The van der Waals surface area contributed by atoms with E-state index >= 15 is 0 Å². The predicted octanol–water partition coefficient (Wildman–Crippen LogP) is -0.213. The van der Waals surface area contributed by atoms with Crippen LogP contribution in [0, 0.1) is 5.92 Å². The first-order valence-electron chi connectivity index (χ1n) is 2.82. The molecule has 1 rings (SSSR count). The second-order valence-corrected chi connectivity index (χ2v) is 2.66. The highest BCUT2D eigenvalue weighted by Gasteiger charge is 2.23. The van der Waals surface area contributed by atoms with Crippen LogP contribution in [-0.2, 0) is 0 Å². The van der Waals surface area contributed by atoms with Gasteiger partial charge in [-0.2, -0.15) is 0 Å². The van der Waals surface area contributed by atoms with Gasteiger partial charge in [0.1, 0.15) is 0 Å². The van der Waals surface area contributed by atoms with Crippen molar-refractivity contribution in [3.63, 3.8) is 0 Å². The van der Waals surface area contributed by atoms with Gasteiger partial charge in [0.25, 0.3) is 0 Å². The molecule has 0 aromatic heterocycles. The van der Waals surface area contributed by atoms with Gasteiger partial charge in [-0.05, 0) is 6.54 Å². The maximum absolute atomic E-state index is 5.80. The molecule has 0 amide bonds. The lowest BCUT2D eigenvalue weighted by atomic mass is 10.1. The van der Waals surface area contributed by atoms with E-state index in [1.807, 2.05) is 0 Å². The maximum Gasteiger partial charge on any atom is 0.0530 e. The lowest BCUT2D eigenvalue weighted by molar-refractivity contribution is 0.600. The number of rotatable bonds is 1. The summed E-state index contributed by atoms with van der Waals surface area (Å²) in [5, 5.41) is 4.31.